The summed E-state index contributed by atoms with van der Waals surface area (Å²) in [5.74, 6) is -0.496. The van der Waals surface area contributed by atoms with Gasteiger partial charge in [-0.15, -0.1) is 0 Å². The number of hydrogen-bond donors (Lipinski definition) is 1. The molecule has 35 heavy (non-hydrogen) atoms. The second-order valence-corrected chi connectivity index (χ2v) is 11.1. The normalized spacial score (nSPS) is 19.9. The molecular weight excluding hydrogens is 464 g/mol. The molecule has 9 heteroatoms. The van der Waals surface area contributed by atoms with Crippen molar-refractivity contribution in [1.82, 2.24) is 14.1 Å². The van der Waals surface area contributed by atoms with Gasteiger partial charge in [0, 0.05) is 45.0 Å². The average molecular weight is 499 g/mol. The number of carbonyl (C=O) groups excluding carboxylic acids is 2. The van der Waals surface area contributed by atoms with Gasteiger partial charge in [0.15, 0.2) is 0 Å². The maximum absolute atomic E-state index is 13.1. The Morgan fingerprint density at radius 1 is 0.971 bits per heavy atom. The van der Waals surface area contributed by atoms with Gasteiger partial charge in [-0.1, -0.05) is 43.3 Å². The number of nitrogens with zero attached hydrogens (tertiary/aromatic N) is 3. The number of sulfonamides is 1. The summed E-state index contributed by atoms with van der Waals surface area (Å²) in [5.41, 5.74) is 1.41. The van der Waals surface area contributed by atoms with Crippen molar-refractivity contribution in [3.8, 4) is 0 Å². The minimum absolute atomic E-state index is 0.0185. The Hall–Kier alpha value is -2.75. The molecular formula is C26H34N4O4S. The molecule has 2 aliphatic heterocycles. The number of piperazine rings is 1. The minimum Gasteiger partial charge on any atom is -0.342 e. The van der Waals surface area contributed by atoms with E-state index in [9.17, 15) is 18.0 Å². The fourth-order valence-corrected chi connectivity index (χ4v) is 6.18. The van der Waals surface area contributed by atoms with Gasteiger partial charge < -0.3 is 15.1 Å². The van der Waals surface area contributed by atoms with Gasteiger partial charge in [0.05, 0.1) is 17.2 Å². The SMILES string of the molecule is CCN1CCN(S(=O)(=O)c2cccc(NC(=O)C3CCCN(C(=O)Cc4ccccc4)C3)c2)CC1. The minimum atomic E-state index is -3.62. The predicted molar refractivity (Wildman–Crippen MR) is 135 cm³/mol. The van der Waals surface area contributed by atoms with Gasteiger partial charge in [0.2, 0.25) is 21.8 Å². The van der Waals surface area contributed by atoms with E-state index >= 15 is 0 Å². The van der Waals surface area contributed by atoms with Crippen molar-refractivity contribution < 1.29 is 18.0 Å². The van der Waals surface area contributed by atoms with Crippen LogP contribution in [0.1, 0.15) is 25.3 Å². The van der Waals surface area contributed by atoms with Gasteiger partial charge in [-0.05, 0) is 43.1 Å². The molecule has 0 saturated carbocycles. The molecule has 0 bridgehead atoms. The average Bonchev–Trinajstić information content (AvgIpc) is 2.89. The Morgan fingerprint density at radius 2 is 1.71 bits per heavy atom. The first kappa shape index (κ1) is 25.3. The number of nitrogens with one attached hydrogen (secondary N) is 1. The Morgan fingerprint density at radius 3 is 2.43 bits per heavy atom. The first-order valence-corrected chi connectivity index (χ1v) is 13.8. The van der Waals surface area contributed by atoms with Crippen LogP contribution in [-0.2, 0) is 26.0 Å². The maximum atomic E-state index is 13.1. The largest absolute Gasteiger partial charge is 0.342 e. The van der Waals surface area contributed by atoms with Crippen LogP contribution in [0.2, 0.25) is 0 Å². The number of piperidine rings is 1. The maximum Gasteiger partial charge on any atom is 0.243 e. The third kappa shape index (κ3) is 6.28. The number of likely N-dealkylation sites (N-methyl/N-ethyl adjacent to an activating group) is 1. The zero-order valence-electron chi connectivity index (χ0n) is 20.2. The molecule has 188 valence electrons. The van der Waals surface area contributed by atoms with Gasteiger partial charge in [-0.25, -0.2) is 8.42 Å². The fourth-order valence-electron chi connectivity index (χ4n) is 4.71. The number of benzene rings is 2. The second kappa shape index (κ2) is 11.3. The fraction of sp³-hybridized carbons (Fsp3) is 0.462. The molecule has 0 aliphatic carbocycles. The molecule has 2 aromatic rings. The summed E-state index contributed by atoms with van der Waals surface area (Å²) in [4.78, 5) is 29.9. The molecule has 2 amide bonds. The predicted octanol–water partition coefficient (Wildman–Crippen LogP) is 2.43. The first-order chi connectivity index (χ1) is 16.9. The lowest BCUT2D eigenvalue weighted by molar-refractivity contribution is -0.133. The van der Waals surface area contributed by atoms with Gasteiger partial charge in [-0.3, -0.25) is 9.59 Å². The molecule has 0 aromatic heterocycles. The molecule has 2 heterocycles. The van der Waals surface area contributed by atoms with Crippen LogP contribution in [0, 0.1) is 5.92 Å². The Kier molecular flexibility index (Phi) is 8.20. The summed E-state index contributed by atoms with van der Waals surface area (Å²) in [5, 5.41) is 2.88. The number of rotatable bonds is 7. The highest BCUT2D eigenvalue weighted by Crippen LogP contribution is 2.23. The zero-order valence-corrected chi connectivity index (χ0v) is 21.0. The monoisotopic (exact) mass is 498 g/mol. The van der Waals surface area contributed by atoms with Crippen LogP contribution in [0.5, 0.6) is 0 Å². The van der Waals surface area contributed by atoms with E-state index in [2.05, 4.69) is 17.1 Å². The van der Waals surface area contributed by atoms with E-state index in [1.54, 1.807) is 23.1 Å². The van der Waals surface area contributed by atoms with E-state index in [-0.39, 0.29) is 22.6 Å². The molecule has 2 saturated heterocycles. The smallest absolute Gasteiger partial charge is 0.243 e. The number of carbonyl (C=O) groups is 2. The Labute approximate surface area is 207 Å². The summed E-state index contributed by atoms with van der Waals surface area (Å²) in [6.45, 7) is 6.35. The molecule has 2 aromatic carbocycles. The third-order valence-electron chi connectivity index (χ3n) is 6.86. The van der Waals surface area contributed by atoms with Crippen LogP contribution in [-0.4, -0.2) is 80.2 Å². The van der Waals surface area contributed by atoms with Crippen LogP contribution >= 0.6 is 0 Å². The van der Waals surface area contributed by atoms with E-state index in [0.29, 0.717) is 57.8 Å². The lowest BCUT2D eigenvalue weighted by atomic mass is 9.96. The highest BCUT2D eigenvalue weighted by atomic mass is 32.2. The molecule has 4 rings (SSSR count). The lowest BCUT2D eigenvalue weighted by Crippen LogP contribution is -2.48. The van der Waals surface area contributed by atoms with E-state index in [1.807, 2.05) is 30.3 Å². The van der Waals surface area contributed by atoms with E-state index in [0.717, 1.165) is 18.5 Å². The lowest BCUT2D eigenvalue weighted by Gasteiger charge is -2.33. The van der Waals surface area contributed by atoms with Crippen molar-refractivity contribution in [1.29, 1.82) is 0 Å². The summed E-state index contributed by atoms with van der Waals surface area (Å²) in [6.07, 6.45) is 1.78. The van der Waals surface area contributed by atoms with Crippen molar-refractivity contribution in [2.45, 2.75) is 31.1 Å². The van der Waals surface area contributed by atoms with Crippen LogP contribution in [0.15, 0.2) is 59.5 Å². The van der Waals surface area contributed by atoms with E-state index < -0.39 is 10.0 Å². The Balaban J connectivity index is 1.37. The number of hydrogen-bond acceptors (Lipinski definition) is 5. The van der Waals surface area contributed by atoms with Gasteiger partial charge in [-0.2, -0.15) is 4.31 Å². The van der Waals surface area contributed by atoms with E-state index in [1.165, 1.54) is 10.4 Å². The molecule has 1 unspecified atom stereocenters. The zero-order chi connectivity index (χ0) is 24.8. The second-order valence-electron chi connectivity index (χ2n) is 9.20. The van der Waals surface area contributed by atoms with Crippen molar-refractivity contribution >= 4 is 27.5 Å². The van der Waals surface area contributed by atoms with Crippen LogP contribution in [0.4, 0.5) is 5.69 Å². The van der Waals surface area contributed by atoms with Gasteiger partial charge in [0.1, 0.15) is 0 Å². The molecule has 0 spiro atoms. The van der Waals surface area contributed by atoms with Crippen LogP contribution in [0.25, 0.3) is 0 Å². The topological polar surface area (TPSA) is 90.0 Å². The number of anilines is 1. The van der Waals surface area contributed by atoms with Crippen molar-refractivity contribution in [2.75, 3.05) is 51.1 Å². The van der Waals surface area contributed by atoms with Gasteiger partial charge >= 0.3 is 0 Å². The van der Waals surface area contributed by atoms with Crippen LogP contribution < -0.4 is 5.32 Å². The van der Waals surface area contributed by atoms with Crippen molar-refractivity contribution in [3.05, 3.63) is 60.2 Å². The highest BCUT2D eigenvalue weighted by Gasteiger charge is 2.30. The van der Waals surface area contributed by atoms with Gasteiger partial charge in [0.25, 0.3) is 0 Å². The third-order valence-corrected chi connectivity index (χ3v) is 8.76. The summed E-state index contributed by atoms with van der Waals surface area (Å²) >= 11 is 0. The first-order valence-electron chi connectivity index (χ1n) is 12.3. The number of likely N-dealkylation sites (tertiary alicyclic amines) is 1. The van der Waals surface area contributed by atoms with Crippen molar-refractivity contribution in [2.24, 2.45) is 5.92 Å². The number of amides is 2. The summed E-state index contributed by atoms with van der Waals surface area (Å²) < 4.78 is 27.8. The Bertz CT molecular complexity index is 1130. The van der Waals surface area contributed by atoms with E-state index in [4.69, 9.17) is 0 Å². The van der Waals surface area contributed by atoms with Crippen molar-refractivity contribution in [3.63, 3.8) is 0 Å². The summed E-state index contributed by atoms with van der Waals surface area (Å²) in [7, 11) is -3.62. The summed E-state index contributed by atoms with van der Waals surface area (Å²) in [6, 6.07) is 16.1. The quantitative estimate of drug-likeness (QED) is 0.633. The molecule has 8 nitrogen and oxygen atoms in total. The van der Waals surface area contributed by atoms with Crippen LogP contribution in [0.3, 0.4) is 0 Å². The molecule has 0 radical (unpaired) electrons. The highest BCUT2D eigenvalue weighted by molar-refractivity contribution is 7.89. The molecule has 1 N–H and O–H groups in total. The molecule has 1 atom stereocenters. The molecule has 2 aliphatic rings. The standard InChI is InChI=1S/C26H34N4O4S/c1-2-28-14-16-30(17-15-28)35(33,34)24-12-6-11-23(19-24)27-26(32)22-10-7-13-29(20-22)25(31)18-21-8-4-3-5-9-21/h3-6,8-9,11-12,19,22H,2,7,10,13-18,20H2,1H3,(H,27,32). The molecule has 2 fully saturated rings.